The molecule has 0 saturated heterocycles. The molecule has 0 aromatic carbocycles. The highest BCUT2D eigenvalue weighted by atomic mass is 16.5. The maximum Gasteiger partial charge on any atom is 0.341 e. The maximum absolute atomic E-state index is 11.6. The van der Waals surface area contributed by atoms with Gasteiger partial charge in [0.2, 0.25) is 0 Å². The van der Waals surface area contributed by atoms with E-state index in [-0.39, 0.29) is 12.2 Å². The van der Waals surface area contributed by atoms with Crippen molar-refractivity contribution in [3.8, 4) is 0 Å². The van der Waals surface area contributed by atoms with Crippen molar-refractivity contribution in [2.45, 2.75) is 13.5 Å². The molecule has 0 fully saturated rings. The number of carbonyl (C=O) groups excluding carboxylic acids is 1. The smallest absolute Gasteiger partial charge is 0.341 e. The number of hydrogen-bond acceptors (Lipinski definition) is 6. The molecule has 1 aromatic heterocycles. The van der Waals surface area contributed by atoms with Crippen LogP contribution in [0.2, 0.25) is 0 Å². The van der Waals surface area contributed by atoms with Crippen LogP contribution < -0.4 is 0 Å². The van der Waals surface area contributed by atoms with Crippen molar-refractivity contribution < 1.29 is 19.4 Å². The van der Waals surface area contributed by atoms with E-state index in [2.05, 4.69) is 14.7 Å². The summed E-state index contributed by atoms with van der Waals surface area (Å²) in [5.41, 5.74) is 1.53. The van der Waals surface area contributed by atoms with Gasteiger partial charge in [0.1, 0.15) is 11.9 Å². The van der Waals surface area contributed by atoms with Crippen LogP contribution in [0.5, 0.6) is 0 Å². The third kappa shape index (κ3) is 2.79. The number of aliphatic hydroxyl groups excluding tert-OH is 1. The summed E-state index contributed by atoms with van der Waals surface area (Å²) in [6.45, 7) is 1.42. The van der Waals surface area contributed by atoms with Gasteiger partial charge in [0.15, 0.2) is 0 Å². The number of aliphatic hydroxyl groups is 1. The quantitative estimate of drug-likeness (QED) is 0.465. The Morgan fingerprint density at radius 3 is 2.71 bits per heavy atom. The number of carbonyl (C=O) groups is 1. The van der Waals surface area contributed by atoms with E-state index in [1.54, 1.807) is 6.92 Å². The van der Waals surface area contributed by atoms with Gasteiger partial charge in [0.05, 0.1) is 32.8 Å². The number of methoxy groups -OCH3 is 2. The van der Waals surface area contributed by atoms with Gasteiger partial charge in [-0.05, 0) is 6.92 Å². The van der Waals surface area contributed by atoms with Gasteiger partial charge in [0.25, 0.3) is 0 Å². The highest BCUT2D eigenvalue weighted by Gasteiger charge is 2.20. The summed E-state index contributed by atoms with van der Waals surface area (Å²) in [5.74, 6) is -0.570. The zero-order valence-corrected chi connectivity index (χ0v) is 9.93. The van der Waals surface area contributed by atoms with E-state index in [0.29, 0.717) is 17.0 Å². The highest BCUT2D eigenvalue weighted by molar-refractivity contribution is 6.16. The standard InChI is InChI=1S/C11H14N2O4/c1-7-10(9(4-14)13-6-12-7)8(5-16-2)11(15)17-3/h5-6,14H,4H2,1-3H3/b8-5-. The molecule has 1 N–H and O–H groups in total. The molecular formula is C11H14N2O4. The Labute approximate surface area is 98.9 Å². The van der Waals surface area contributed by atoms with Crippen molar-refractivity contribution in [1.82, 2.24) is 9.97 Å². The number of esters is 1. The van der Waals surface area contributed by atoms with Crippen molar-refractivity contribution in [1.29, 1.82) is 0 Å². The van der Waals surface area contributed by atoms with E-state index in [0.717, 1.165) is 0 Å². The zero-order valence-electron chi connectivity index (χ0n) is 9.93. The second kappa shape index (κ2) is 5.95. The van der Waals surface area contributed by atoms with Gasteiger partial charge in [-0.3, -0.25) is 0 Å². The van der Waals surface area contributed by atoms with E-state index in [9.17, 15) is 9.90 Å². The van der Waals surface area contributed by atoms with Crippen LogP contribution in [0.1, 0.15) is 17.0 Å². The molecule has 6 heteroatoms. The molecule has 0 unspecified atom stereocenters. The van der Waals surface area contributed by atoms with Gasteiger partial charge in [-0.25, -0.2) is 14.8 Å². The molecule has 0 spiro atoms. The minimum absolute atomic E-state index is 0.178. The van der Waals surface area contributed by atoms with Crippen LogP contribution in [0.25, 0.3) is 5.57 Å². The minimum atomic E-state index is -0.570. The fraction of sp³-hybridized carbons (Fsp3) is 0.364. The monoisotopic (exact) mass is 238 g/mol. The minimum Gasteiger partial charge on any atom is -0.503 e. The molecule has 1 heterocycles. The second-order valence-electron chi connectivity index (χ2n) is 3.20. The molecule has 0 bridgehead atoms. The number of aryl methyl sites for hydroxylation is 1. The Kier molecular flexibility index (Phi) is 4.59. The van der Waals surface area contributed by atoms with E-state index < -0.39 is 5.97 Å². The van der Waals surface area contributed by atoms with Crippen LogP contribution in [0.4, 0.5) is 0 Å². The number of nitrogens with zero attached hydrogens (tertiary/aromatic N) is 2. The Bertz CT molecular complexity index is 443. The average molecular weight is 238 g/mol. The van der Waals surface area contributed by atoms with Crippen molar-refractivity contribution in [3.63, 3.8) is 0 Å². The SMILES string of the molecule is CO/C=C(\C(=O)OC)c1c(C)ncnc1CO. The normalized spacial score (nSPS) is 11.2. The van der Waals surface area contributed by atoms with E-state index in [1.807, 2.05) is 0 Å². The molecule has 0 aliphatic rings. The third-order valence-corrected chi connectivity index (χ3v) is 2.18. The van der Waals surface area contributed by atoms with Gasteiger partial charge in [0, 0.05) is 11.3 Å². The van der Waals surface area contributed by atoms with Crippen molar-refractivity contribution in [2.75, 3.05) is 14.2 Å². The van der Waals surface area contributed by atoms with Crippen molar-refractivity contribution >= 4 is 11.5 Å². The van der Waals surface area contributed by atoms with Crippen LogP contribution in [-0.4, -0.2) is 35.3 Å². The summed E-state index contributed by atoms with van der Waals surface area (Å²) < 4.78 is 9.49. The lowest BCUT2D eigenvalue weighted by Gasteiger charge is -2.10. The number of hydrogen-bond donors (Lipinski definition) is 1. The molecule has 0 aliphatic heterocycles. The second-order valence-corrected chi connectivity index (χ2v) is 3.20. The van der Waals surface area contributed by atoms with E-state index in [1.165, 1.54) is 26.8 Å². The fourth-order valence-electron chi connectivity index (χ4n) is 1.43. The number of aromatic nitrogens is 2. The molecule has 0 saturated carbocycles. The van der Waals surface area contributed by atoms with Crippen LogP contribution in [0, 0.1) is 6.92 Å². The van der Waals surface area contributed by atoms with Gasteiger partial charge >= 0.3 is 5.97 Å². The average Bonchev–Trinajstić information content (AvgIpc) is 2.35. The van der Waals surface area contributed by atoms with Gasteiger partial charge in [-0.1, -0.05) is 0 Å². The Hall–Kier alpha value is -1.95. The van der Waals surface area contributed by atoms with Crippen LogP contribution in [0.3, 0.4) is 0 Å². The summed E-state index contributed by atoms with van der Waals surface area (Å²) in [7, 11) is 2.68. The summed E-state index contributed by atoms with van der Waals surface area (Å²) in [6.07, 6.45) is 2.57. The van der Waals surface area contributed by atoms with Gasteiger partial charge in [-0.15, -0.1) is 0 Å². The van der Waals surface area contributed by atoms with E-state index in [4.69, 9.17) is 4.74 Å². The largest absolute Gasteiger partial charge is 0.503 e. The maximum atomic E-state index is 11.6. The van der Waals surface area contributed by atoms with Gasteiger partial charge in [-0.2, -0.15) is 0 Å². The first-order chi connectivity index (χ1) is 8.15. The molecule has 0 amide bonds. The lowest BCUT2D eigenvalue weighted by Crippen LogP contribution is -2.10. The fourth-order valence-corrected chi connectivity index (χ4v) is 1.43. The van der Waals surface area contributed by atoms with Crippen LogP contribution in [-0.2, 0) is 20.9 Å². The molecule has 92 valence electrons. The molecule has 6 nitrogen and oxygen atoms in total. The molecule has 0 atom stereocenters. The number of rotatable bonds is 4. The Morgan fingerprint density at radius 2 is 2.18 bits per heavy atom. The molecule has 17 heavy (non-hydrogen) atoms. The van der Waals surface area contributed by atoms with Crippen LogP contribution >= 0.6 is 0 Å². The summed E-state index contributed by atoms with van der Waals surface area (Å²) in [4.78, 5) is 19.5. The Morgan fingerprint density at radius 1 is 1.47 bits per heavy atom. The zero-order chi connectivity index (χ0) is 12.8. The third-order valence-electron chi connectivity index (χ3n) is 2.18. The highest BCUT2D eigenvalue weighted by Crippen LogP contribution is 2.21. The predicted octanol–water partition coefficient (Wildman–Crippen LogP) is 0.438. The molecule has 1 rings (SSSR count). The molecule has 1 aromatic rings. The van der Waals surface area contributed by atoms with Crippen molar-refractivity contribution in [3.05, 3.63) is 29.5 Å². The van der Waals surface area contributed by atoms with Gasteiger partial charge < -0.3 is 14.6 Å². The predicted molar refractivity (Wildman–Crippen MR) is 59.7 cm³/mol. The topological polar surface area (TPSA) is 81.5 Å². The lowest BCUT2D eigenvalue weighted by atomic mass is 10.0. The first kappa shape index (κ1) is 13.1. The summed E-state index contributed by atoms with van der Waals surface area (Å²) in [6, 6.07) is 0. The molecule has 0 aliphatic carbocycles. The first-order valence-corrected chi connectivity index (χ1v) is 4.88. The molecular weight excluding hydrogens is 224 g/mol. The number of ether oxygens (including phenoxy) is 2. The van der Waals surface area contributed by atoms with Crippen LogP contribution in [0.15, 0.2) is 12.6 Å². The van der Waals surface area contributed by atoms with E-state index >= 15 is 0 Å². The van der Waals surface area contributed by atoms with Crippen molar-refractivity contribution in [2.24, 2.45) is 0 Å². The summed E-state index contributed by atoms with van der Waals surface area (Å²) in [5, 5.41) is 9.20. The lowest BCUT2D eigenvalue weighted by molar-refractivity contribution is -0.133. The first-order valence-electron chi connectivity index (χ1n) is 4.88. The summed E-state index contributed by atoms with van der Waals surface area (Å²) >= 11 is 0. The molecule has 0 radical (unpaired) electrons. The Balaban J connectivity index is 3.37.